The van der Waals surface area contributed by atoms with Gasteiger partial charge in [0.1, 0.15) is 6.10 Å². The first-order valence-corrected chi connectivity index (χ1v) is 4.98. The van der Waals surface area contributed by atoms with Crippen LogP contribution in [0.15, 0.2) is 4.52 Å². The van der Waals surface area contributed by atoms with Crippen LogP contribution in [0.1, 0.15) is 51.6 Å². The summed E-state index contributed by atoms with van der Waals surface area (Å²) in [5.41, 5.74) is 5.56. The van der Waals surface area contributed by atoms with Gasteiger partial charge in [0.15, 0.2) is 0 Å². The summed E-state index contributed by atoms with van der Waals surface area (Å²) in [4.78, 5) is 4.22. The normalized spacial score (nSPS) is 16.4. The number of aromatic nitrogens is 2. The summed E-state index contributed by atoms with van der Waals surface area (Å²) >= 11 is 0. The number of hydrogen-bond donors (Lipinski definition) is 1. The minimum absolute atomic E-state index is 0.0757. The van der Waals surface area contributed by atoms with Crippen LogP contribution in [0.25, 0.3) is 0 Å². The smallest absolute Gasteiger partial charge is 0.243 e. The fourth-order valence-electron chi connectivity index (χ4n) is 1.38. The predicted molar refractivity (Wildman–Crippen MR) is 56.1 cm³/mol. The molecule has 0 radical (unpaired) electrons. The van der Waals surface area contributed by atoms with Gasteiger partial charge in [-0.05, 0) is 12.3 Å². The van der Waals surface area contributed by atoms with Crippen LogP contribution in [-0.2, 0) is 4.74 Å². The maximum atomic E-state index is 5.64. The van der Waals surface area contributed by atoms with Crippen molar-refractivity contribution < 1.29 is 9.26 Å². The summed E-state index contributed by atoms with van der Waals surface area (Å²) in [5, 5.41) is 3.88. The van der Waals surface area contributed by atoms with E-state index in [1.807, 2.05) is 0 Å². The number of hydrogen-bond acceptors (Lipinski definition) is 5. The van der Waals surface area contributed by atoms with E-state index in [1.54, 1.807) is 14.0 Å². The average molecular weight is 213 g/mol. The highest BCUT2D eigenvalue weighted by molar-refractivity contribution is 4.97. The van der Waals surface area contributed by atoms with Gasteiger partial charge in [-0.1, -0.05) is 25.9 Å². The van der Waals surface area contributed by atoms with Crippen LogP contribution in [-0.4, -0.2) is 17.3 Å². The first-order chi connectivity index (χ1) is 6.86. The Hall–Kier alpha value is -0.940. The van der Waals surface area contributed by atoms with E-state index in [0.717, 1.165) is 0 Å². The molecule has 1 rings (SSSR count). The van der Waals surface area contributed by atoms with Crippen LogP contribution in [0, 0.1) is 5.41 Å². The molecule has 0 bridgehead atoms. The Kier molecular flexibility index (Phi) is 3.46. The van der Waals surface area contributed by atoms with Crippen LogP contribution in [0.2, 0.25) is 0 Å². The molecule has 0 fully saturated rings. The molecule has 5 nitrogen and oxygen atoms in total. The quantitative estimate of drug-likeness (QED) is 0.829. The zero-order valence-electron chi connectivity index (χ0n) is 9.94. The number of ether oxygens (including phenoxy) is 1. The number of rotatable bonds is 3. The van der Waals surface area contributed by atoms with E-state index in [1.165, 1.54) is 0 Å². The van der Waals surface area contributed by atoms with Crippen molar-refractivity contribution in [2.45, 2.75) is 39.8 Å². The average Bonchev–Trinajstić information content (AvgIpc) is 2.51. The molecule has 1 aromatic heterocycles. The van der Waals surface area contributed by atoms with E-state index in [2.05, 4.69) is 30.9 Å². The van der Waals surface area contributed by atoms with Crippen LogP contribution < -0.4 is 5.73 Å². The molecule has 0 aliphatic heterocycles. The molecule has 0 aliphatic carbocycles. The Morgan fingerprint density at radius 2 is 2.00 bits per heavy atom. The summed E-state index contributed by atoms with van der Waals surface area (Å²) in [7, 11) is 1.64. The van der Waals surface area contributed by atoms with Gasteiger partial charge in [0.2, 0.25) is 11.7 Å². The highest BCUT2D eigenvalue weighted by Gasteiger charge is 2.30. The van der Waals surface area contributed by atoms with Gasteiger partial charge >= 0.3 is 0 Å². The molecule has 1 aromatic rings. The Morgan fingerprint density at radius 1 is 1.40 bits per heavy atom. The van der Waals surface area contributed by atoms with Gasteiger partial charge in [-0.15, -0.1) is 0 Å². The van der Waals surface area contributed by atoms with Crippen molar-refractivity contribution in [2.75, 3.05) is 7.11 Å². The van der Waals surface area contributed by atoms with Crippen molar-refractivity contribution in [3.05, 3.63) is 11.7 Å². The maximum absolute atomic E-state index is 5.64. The summed E-state index contributed by atoms with van der Waals surface area (Å²) in [5.74, 6) is 0.994. The Morgan fingerprint density at radius 3 is 2.33 bits per heavy atom. The van der Waals surface area contributed by atoms with Crippen LogP contribution in [0.4, 0.5) is 0 Å². The molecule has 0 aliphatic rings. The first-order valence-electron chi connectivity index (χ1n) is 4.98. The highest BCUT2D eigenvalue weighted by atomic mass is 16.5. The highest BCUT2D eigenvalue weighted by Crippen LogP contribution is 2.33. The van der Waals surface area contributed by atoms with E-state index in [4.69, 9.17) is 15.0 Å². The molecule has 2 N–H and O–H groups in total. The summed E-state index contributed by atoms with van der Waals surface area (Å²) in [6.07, 6.45) is -0.186. The Labute approximate surface area is 90.0 Å². The molecule has 0 amide bonds. The Balaban J connectivity index is 2.93. The maximum Gasteiger partial charge on any atom is 0.243 e. The third-order valence-electron chi connectivity index (χ3n) is 2.10. The largest absolute Gasteiger partial charge is 0.373 e. The van der Waals surface area contributed by atoms with Gasteiger partial charge in [-0.3, -0.25) is 0 Å². The van der Waals surface area contributed by atoms with E-state index < -0.39 is 0 Å². The third-order valence-corrected chi connectivity index (χ3v) is 2.10. The zero-order valence-corrected chi connectivity index (χ0v) is 9.94. The minimum Gasteiger partial charge on any atom is -0.373 e. The lowest BCUT2D eigenvalue weighted by Crippen LogP contribution is -2.21. The second-order valence-corrected chi connectivity index (χ2v) is 4.76. The lowest BCUT2D eigenvalue weighted by molar-refractivity contribution is 0.00718. The third kappa shape index (κ3) is 2.76. The lowest BCUT2D eigenvalue weighted by Gasteiger charge is -2.26. The van der Waals surface area contributed by atoms with Crippen LogP contribution >= 0.6 is 0 Å². The van der Waals surface area contributed by atoms with Crippen molar-refractivity contribution >= 4 is 0 Å². The molecule has 0 saturated heterocycles. The fraction of sp³-hybridized carbons (Fsp3) is 0.800. The second kappa shape index (κ2) is 4.28. The molecular formula is C10H19N3O2. The van der Waals surface area contributed by atoms with E-state index >= 15 is 0 Å². The number of methoxy groups -OCH3 is 1. The van der Waals surface area contributed by atoms with Crippen molar-refractivity contribution in [3.63, 3.8) is 0 Å². The van der Waals surface area contributed by atoms with Gasteiger partial charge < -0.3 is 15.0 Å². The molecule has 0 saturated carbocycles. The van der Waals surface area contributed by atoms with Gasteiger partial charge in [0, 0.05) is 7.11 Å². The molecule has 1 unspecified atom stereocenters. The summed E-state index contributed by atoms with van der Waals surface area (Å²) < 4.78 is 10.4. The second-order valence-electron chi connectivity index (χ2n) is 4.76. The molecule has 2 atom stereocenters. The lowest BCUT2D eigenvalue weighted by atomic mass is 9.88. The molecular weight excluding hydrogens is 194 g/mol. The molecule has 5 heteroatoms. The number of nitrogens with zero attached hydrogens (tertiary/aromatic N) is 2. The molecule has 1 heterocycles. The van der Waals surface area contributed by atoms with E-state index in [0.29, 0.717) is 11.7 Å². The summed E-state index contributed by atoms with van der Waals surface area (Å²) in [6, 6.07) is -0.247. The van der Waals surface area contributed by atoms with E-state index in [9.17, 15) is 0 Å². The monoisotopic (exact) mass is 213 g/mol. The Bertz CT molecular complexity index is 315. The van der Waals surface area contributed by atoms with Gasteiger partial charge in [0.25, 0.3) is 0 Å². The van der Waals surface area contributed by atoms with Gasteiger partial charge in [-0.2, -0.15) is 4.98 Å². The fourth-order valence-corrected chi connectivity index (χ4v) is 1.38. The molecule has 86 valence electrons. The zero-order chi connectivity index (χ0) is 11.6. The molecule has 0 aromatic carbocycles. The molecule has 15 heavy (non-hydrogen) atoms. The SMILES string of the molecule is COC(c1noc([C@H](C)N)n1)C(C)(C)C. The van der Waals surface area contributed by atoms with E-state index in [-0.39, 0.29) is 17.6 Å². The topological polar surface area (TPSA) is 74.2 Å². The van der Waals surface area contributed by atoms with Crippen molar-refractivity contribution in [3.8, 4) is 0 Å². The standard InChI is InChI=1S/C10H19N3O2/c1-6(11)9-12-8(13-15-9)7(14-5)10(2,3)4/h6-7H,11H2,1-5H3/t6-,7?/m0/s1. The molecule has 0 spiro atoms. The number of nitrogens with two attached hydrogens (primary N) is 1. The van der Waals surface area contributed by atoms with Crippen molar-refractivity contribution in [1.82, 2.24) is 10.1 Å². The van der Waals surface area contributed by atoms with Crippen molar-refractivity contribution in [2.24, 2.45) is 11.1 Å². The van der Waals surface area contributed by atoms with Gasteiger partial charge in [0.05, 0.1) is 6.04 Å². The van der Waals surface area contributed by atoms with Crippen LogP contribution in [0.5, 0.6) is 0 Å². The predicted octanol–water partition coefficient (Wildman–Crippen LogP) is 1.82. The van der Waals surface area contributed by atoms with Gasteiger partial charge in [-0.25, -0.2) is 0 Å². The minimum atomic E-state index is -0.247. The van der Waals surface area contributed by atoms with Crippen LogP contribution in [0.3, 0.4) is 0 Å². The van der Waals surface area contributed by atoms with Crippen molar-refractivity contribution in [1.29, 1.82) is 0 Å². The summed E-state index contributed by atoms with van der Waals surface area (Å²) in [6.45, 7) is 7.98. The first kappa shape index (κ1) is 12.1.